The smallest absolute Gasteiger partial charge is 0.219 e. The van der Waals surface area contributed by atoms with E-state index in [2.05, 4.69) is 15.1 Å². The monoisotopic (exact) mass is 321 g/mol. The van der Waals surface area contributed by atoms with Gasteiger partial charge in [-0.15, -0.1) is 0 Å². The van der Waals surface area contributed by atoms with E-state index in [1.807, 2.05) is 46.1 Å². The minimum Gasteiger partial charge on any atom is -0.342 e. The summed E-state index contributed by atoms with van der Waals surface area (Å²) < 4.78 is 1.82. The van der Waals surface area contributed by atoms with Crippen molar-refractivity contribution in [1.29, 1.82) is 0 Å². The first-order valence-corrected chi connectivity index (χ1v) is 8.23. The van der Waals surface area contributed by atoms with Crippen LogP contribution in [-0.2, 0) is 4.79 Å². The summed E-state index contributed by atoms with van der Waals surface area (Å²) in [5.74, 6) is 1.16. The van der Waals surface area contributed by atoms with Crippen LogP contribution in [0.3, 0.4) is 0 Å². The SMILES string of the molecule is CC(=O)N1CCC[C@@H](c2nc3ccc(-c4cccnc4)cn3n2)C1. The lowest BCUT2D eigenvalue weighted by Gasteiger charge is -2.30. The van der Waals surface area contributed by atoms with Crippen molar-refractivity contribution in [2.24, 2.45) is 0 Å². The lowest BCUT2D eigenvalue weighted by atomic mass is 9.97. The molecule has 4 rings (SSSR count). The van der Waals surface area contributed by atoms with Gasteiger partial charge in [0, 0.05) is 55.6 Å². The predicted octanol–water partition coefficient (Wildman–Crippen LogP) is 2.52. The zero-order valence-corrected chi connectivity index (χ0v) is 13.6. The standard InChI is InChI=1S/C18H19N5O/c1-13(24)22-9-3-5-16(11-22)18-20-17-7-6-15(12-23(17)21-18)14-4-2-8-19-10-14/h2,4,6-8,10,12,16H,3,5,9,11H2,1H3/t16-/m1/s1. The molecule has 3 aromatic heterocycles. The highest BCUT2D eigenvalue weighted by Crippen LogP contribution is 2.26. The van der Waals surface area contributed by atoms with Crippen molar-refractivity contribution in [3.05, 3.63) is 48.7 Å². The first-order chi connectivity index (χ1) is 11.7. The average molecular weight is 321 g/mol. The van der Waals surface area contributed by atoms with Crippen LogP contribution in [0, 0.1) is 0 Å². The lowest BCUT2D eigenvalue weighted by Crippen LogP contribution is -2.37. The van der Waals surface area contributed by atoms with Gasteiger partial charge in [-0.1, -0.05) is 6.07 Å². The van der Waals surface area contributed by atoms with Crippen molar-refractivity contribution >= 4 is 11.6 Å². The molecule has 6 nitrogen and oxygen atoms in total. The summed E-state index contributed by atoms with van der Waals surface area (Å²) in [7, 11) is 0. The molecule has 0 radical (unpaired) electrons. The van der Waals surface area contributed by atoms with Crippen LogP contribution in [0.15, 0.2) is 42.9 Å². The molecular formula is C18H19N5O. The third-order valence-electron chi connectivity index (χ3n) is 4.57. The van der Waals surface area contributed by atoms with Crippen molar-refractivity contribution in [3.63, 3.8) is 0 Å². The third-order valence-corrected chi connectivity index (χ3v) is 4.57. The Labute approximate surface area is 140 Å². The van der Waals surface area contributed by atoms with Gasteiger partial charge in [-0.2, -0.15) is 5.10 Å². The summed E-state index contributed by atoms with van der Waals surface area (Å²) in [6, 6.07) is 7.96. The Balaban J connectivity index is 1.65. The number of hydrogen-bond donors (Lipinski definition) is 0. The molecule has 0 spiro atoms. The minimum atomic E-state index is 0.127. The summed E-state index contributed by atoms with van der Waals surface area (Å²) >= 11 is 0. The molecule has 0 saturated carbocycles. The highest BCUT2D eigenvalue weighted by Gasteiger charge is 2.25. The van der Waals surface area contributed by atoms with Gasteiger partial charge in [0.2, 0.25) is 5.91 Å². The molecule has 122 valence electrons. The summed E-state index contributed by atoms with van der Waals surface area (Å²) in [5, 5.41) is 4.66. The molecule has 1 amide bonds. The number of rotatable bonds is 2. The van der Waals surface area contributed by atoms with Crippen LogP contribution >= 0.6 is 0 Å². The molecule has 1 aliphatic rings. The van der Waals surface area contributed by atoms with Gasteiger partial charge in [-0.25, -0.2) is 9.50 Å². The fourth-order valence-electron chi connectivity index (χ4n) is 3.25. The highest BCUT2D eigenvalue weighted by molar-refractivity contribution is 5.73. The Bertz CT molecular complexity index is 874. The number of pyridine rings is 2. The molecule has 6 heteroatoms. The van der Waals surface area contributed by atoms with Gasteiger partial charge in [0.15, 0.2) is 11.5 Å². The largest absolute Gasteiger partial charge is 0.342 e. The quantitative estimate of drug-likeness (QED) is 0.727. The Morgan fingerprint density at radius 3 is 2.96 bits per heavy atom. The molecule has 0 unspecified atom stereocenters. The highest BCUT2D eigenvalue weighted by atomic mass is 16.2. The van der Waals surface area contributed by atoms with Crippen LogP contribution in [0.2, 0.25) is 0 Å². The number of likely N-dealkylation sites (tertiary alicyclic amines) is 1. The minimum absolute atomic E-state index is 0.127. The number of carbonyl (C=O) groups is 1. The van der Waals surface area contributed by atoms with Crippen molar-refractivity contribution in [2.45, 2.75) is 25.7 Å². The maximum atomic E-state index is 11.6. The number of fused-ring (bicyclic) bond motifs is 1. The van der Waals surface area contributed by atoms with E-state index in [9.17, 15) is 4.79 Å². The molecule has 0 aliphatic carbocycles. The van der Waals surface area contributed by atoms with Gasteiger partial charge < -0.3 is 4.90 Å². The molecule has 1 aliphatic heterocycles. The number of amides is 1. The molecule has 1 fully saturated rings. The number of aromatic nitrogens is 4. The fourth-order valence-corrected chi connectivity index (χ4v) is 3.25. The van der Waals surface area contributed by atoms with Crippen molar-refractivity contribution in [2.75, 3.05) is 13.1 Å². The van der Waals surface area contributed by atoms with Gasteiger partial charge in [0.25, 0.3) is 0 Å². The number of piperidine rings is 1. The van der Waals surface area contributed by atoms with Crippen LogP contribution in [0.4, 0.5) is 0 Å². The number of hydrogen-bond acceptors (Lipinski definition) is 4. The Kier molecular flexibility index (Phi) is 3.72. The Morgan fingerprint density at radius 1 is 1.25 bits per heavy atom. The molecule has 24 heavy (non-hydrogen) atoms. The third kappa shape index (κ3) is 2.75. The van der Waals surface area contributed by atoms with Crippen LogP contribution < -0.4 is 0 Å². The molecule has 1 saturated heterocycles. The molecule has 3 aromatic rings. The zero-order chi connectivity index (χ0) is 16.5. The lowest BCUT2D eigenvalue weighted by molar-refractivity contribution is -0.130. The van der Waals surface area contributed by atoms with E-state index >= 15 is 0 Å². The zero-order valence-electron chi connectivity index (χ0n) is 13.6. The normalized spacial score (nSPS) is 18.0. The van der Waals surface area contributed by atoms with Gasteiger partial charge in [-0.05, 0) is 31.0 Å². The first kappa shape index (κ1) is 14.8. The van der Waals surface area contributed by atoms with Crippen molar-refractivity contribution in [1.82, 2.24) is 24.5 Å². The van der Waals surface area contributed by atoms with E-state index in [1.54, 1.807) is 13.1 Å². The molecule has 0 bridgehead atoms. The van der Waals surface area contributed by atoms with Crippen LogP contribution in [-0.4, -0.2) is 43.5 Å². The summed E-state index contributed by atoms with van der Waals surface area (Å²) in [6.07, 6.45) is 7.61. The maximum absolute atomic E-state index is 11.6. The molecule has 4 heterocycles. The van der Waals surface area contributed by atoms with E-state index < -0.39 is 0 Å². The molecule has 1 atom stereocenters. The average Bonchev–Trinajstić information content (AvgIpc) is 3.06. The van der Waals surface area contributed by atoms with Gasteiger partial charge in [0.1, 0.15) is 0 Å². The summed E-state index contributed by atoms with van der Waals surface area (Å²) in [6.45, 7) is 3.17. The van der Waals surface area contributed by atoms with Crippen molar-refractivity contribution in [3.8, 4) is 11.1 Å². The fraction of sp³-hybridized carbons (Fsp3) is 0.333. The predicted molar refractivity (Wildman–Crippen MR) is 90.4 cm³/mol. The Hall–Kier alpha value is -2.76. The second-order valence-corrected chi connectivity index (χ2v) is 6.24. The van der Waals surface area contributed by atoms with E-state index in [0.29, 0.717) is 6.54 Å². The molecule has 0 aromatic carbocycles. The number of carbonyl (C=O) groups excluding carboxylic acids is 1. The van der Waals surface area contributed by atoms with Crippen LogP contribution in [0.25, 0.3) is 16.8 Å². The maximum Gasteiger partial charge on any atom is 0.219 e. The summed E-state index contributed by atoms with van der Waals surface area (Å²) in [4.78, 5) is 22.3. The second kappa shape index (κ2) is 6.03. The van der Waals surface area contributed by atoms with E-state index in [1.165, 1.54) is 0 Å². The van der Waals surface area contributed by atoms with Gasteiger partial charge >= 0.3 is 0 Å². The van der Waals surface area contributed by atoms with Crippen LogP contribution in [0.1, 0.15) is 31.5 Å². The second-order valence-electron chi connectivity index (χ2n) is 6.24. The Morgan fingerprint density at radius 2 is 2.17 bits per heavy atom. The number of nitrogens with zero attached hydrogens (tertiary/aromatic N) is 5. The van der Waals surface area contributed by atoms with Gasteiger partial charge in [0.05, 0.1) is 0 Å². The van der Waals surface area contributed by atoms with Crippen LogP contribution in [0.5, 0.6) is 0 Å². The van der Waals surface area contributed by atoms with E-state index in [0.717, 1.165) is 42.0 Å². The first-order valence-electron chi connectivity index (χ1n) is 8.23. The van der Waals surface area contributed by atoms with Crippen molar-refractivity contribution < 1.29 is 4.79 Å². The van der Waals surface area contributed by atoms with Gasteiger partial charge in [-0.3, -0.25) is 9.78 Å². The molecular weight excluding hydrogens is 302 g/mol. The summed E-state index contributed by atoms with van der Waals surface area (Å²) in [5.41, 5.74) is 2.94. The van der Waals surface area contributed by atoms with E-state index in [-0.39, 0.29) is 11.8 Å². The topological polar surface area (TPSA) is 63.4 Å². The van der Waals surface area contributed by atoms with E-state index in [4.69, 9.17) is 0 Å². The molecule has 0 N–H and O–H groups in total.